The van der Waals surface area contributed by atoms with Crippen LogP contribution in [0, 0.1) is 0 Å². The van der Waals surface area contributed by atoms with Gasteiger partial charge >= 0.3 is 0 Å². The summed E-state index contributed by atoms with van der Waals surface area (Å²) >= 11 is 0. The van der Waals surface area contributed by atoms with Gasteiger partial charge in [-0.05, 0) is 61.8 Å². The number of guanidine groups is 1. The summed E-state index contributed by atoms with van der Waals surface area (Å²) < 4.78 is 10.7. The van der Waals surface area contributed by atoms with E-state index in [1.165, 1.54) is 18.4 Å². The van der Waals surface area contributed by atoms with Crippen molar-refractivity contribution in [3.63, 3.8) is 0 Å². The van der Waals surface area contributed by atoms with Crippen molar-refractivity contribution >= 4 is 29.9 Å². The molecular weight excluding hydrogens is 507 g/mol. The molecule has 0 aliphatic carbocycles. The highest BCUT2D eigenvalue weighted by atomic mass is 127. The lowest BCUT2D eigenvalue weighted by Gasteiger charge is -2.29. The smallest absolute Gasteiger partial charge is 0.191 e. The number of likely N-dealkylation sites (tertiary alicyclic amines) is 1. The molecule has 8 heteroatoms. The molecule has 1 aliphatic heterocycles. The first-order valence-electron chi connectivity index (χ1n) is 10.3. The lowest BCUT2D eigenvalue weighted by Crippen LogP contribution is -2.42. The number of benzene rings is 2. The van der Waals surface area contributed by atoms with Crippen LogP contribution in [-0.2, 0) is 6.54 Å². The van der Waals surface area contributed by atoms with Crippen molar-refractivity contribution in [3.05, 3.63) is 53.6 Å². The second-order valence-corrected chi connectivity index (χ2v) is 7.34. The average Bonchev–Trinajstić information content (AvgIpc) is 3.31. The molecule has 0 aromatic heterocycles. The van der Waals surface area contributed by atoms with E-state index >= 15 is 0 Å². The molecule has 1 heterocycles. The van der Waals surface area contributed by atoms with E-state index in [0.29, 0.717) is 18.3 Å². The van der Waals surface area contributed by atoms with E-state index in [0.717, 1.165) is 30.9 Å². The Bertz CT molecular complexity index is 856. The van der Waals surface area contributed by atoms with Gasteiger partial charge in [0.2, 0.25) is 0 Å². The quantitative estimate of drug-likeness (QED) is 0.270. The Morgan fingerprint density at radius 3 is 2.45 bits per heavy atom. The molecular formula is C23H33IN4O3. The van der Waals surface area contributed by atoms with Gasteiger partial charge in [-0.15, -0.1) is 24.0 Å². The SMILES string of the molecule is CN=C(NCc1cc(OC)ccc1O)NCC(c1cccc(OC)c1)N1CCCC1.I. The molecule has 0 radical (unpaired) electrons. The second-order valence-electron chi connectivity index (χ2n) is 7.34. The number of nitrogens with one attached hydrogen (secondary N) is 2. The molecule has 0 amide bonds. The normalized spacial score (nSPS) is 15.1. The highest BCUT2D eigenvalue weighted by molar-refractivity contribution is 14.0. The molecule has 2 aromatic rings. The van der Waals surface area contributed by atoms with E-state index in [1.54, 1.807) is 33.4 Å². The molecule has 1 atom stereocenters. The van der Waals surface area contributed by atoms with Crippen molar-refractivity contribution in [1.29, 1.82) is 0 Å². The third kappa shape index (κ3) is 6.90. The van der Waals surface area contributed by atoms with Crippen LogP contribution in [0.4, 0.5) is 0 Å². The highest BCUT2D eigenvalue weighted by Gasteiger charge is 2.24. The van der Waals surface area contributed by atoms with Gasteiger partial charge in [0.1, 0.15) is 17.2 Å². The van der Waals surface area contributed by atoms with Gasteiger partial charge in [0.25, 0.3) is 0 Å². The van der Waals surface area contributed by atoms with Crippen molar-refractivity contribution in [2.45, 2.75) is 25.4 Å². The van der Waals surface area contributed by atoms with Gasteiger partial charge in [0, 0.05) is 25.7 Å². The Balaban J connectivity index is 0.00000341. The molecule has 2 aromatic carbocycles. The Morgan fingerprint density at radius 2 is 1.77 bits per heavy atom. The summed E-state index contributed by atoms with van der Waals surface area (Å²) in [7, 11) is 5.06. The zero-order valence-corrected chi connectivity index (χ0v) is 20.8. The lowest BCUT2D eigenvalue weighted by atomic mass is 10.1. The molecule has 31 heavy (non-hydrogen) atoms. The molecule has 0 spiro atoms. The first-order chi connectivity index (χ1) is 14.6. The van der Waals surface area contributed by atoms with Gasteiger partial charge in [-0.3, -0.25) is 9.89 Å². The summed E-state index contributed by atoms with van der Waals surface area (Å²) in [5, 5.41) is 16.8. The number of hydrogen-bond donors (Lipinski definition) is 3. The summed E-state index contributed by atoms with van der Waals surface area (Å²) in [4.78, 5) is 6.84. The maximum Gasteiger partial charge on any atom is 0.191 e. The van der Waals surface area contributed by atoms with Crippen LogP contribution in [0.2, 0.25) is 0 Å². The predicted molar refractivity (Wildman–Crippen MR) is 135 cm³/mol. The molecule has 1 fully saturated rings. The largest absolute Gasteiger partial charge is 0.508 e. The standard InChI is InChI=1S/C23H32N4O3.HI/c1-24-23(25-15-18-14-20(30-3)9-10-22(18)28)26-16-21(27-11-4-5-12-27)17-7-6-8-19(13-17)29-2;/h6-10,13-14,21,28H,4-5,11-12,15-16H2,1-3H3,(H2,24,25,26);1H. The zero-order valence-electron chi connectivity index (χ0n) is 18.4. The lowest BCUT2D eigenvalue weighted by molar-refractivity contribution is 0.245. The Kier molecular flexibility index (Phi) is 10.2. The van der Waals surface area contributed by atoms with Crippen LogP contribution >= 0.6 is 24.0 Å². The van der Waals surface area contributed by atoms with Gasteiger partial charge in [0.05, 0.1) is 20.3 Å². The van der Waals surface area contributed by atoms with E-state index in [1.807, 2.05) is 18.2 Å². The number of aliphatic imine (C=N–C) groups is 1. The molecule has 170 valence electrons. The van der Waals surface area contributed by atoms with E-state index in [4.69, 9.17) is 9.47 Å². The highest BCUT2D eigenvalue weighted by Crippen LogP contribution is 2.27. The number of aromatic hydroxyl groups is 1. The Morgan fingerprint density at radius 1 is 1.06 bits per heavy atom. The van der Waals surface area contributed by atoms with Crippen molar-refractivity contribution in [1.82, 2.24) is 15.5 Å². The molecule has 1 saturated heterocycles. The molecule has 7 nitrogen and oxygen atoms in total. The topological polar surface area (TPSA) is 78.4 Å². The molecule has 3 rings (SSSR count). The third-order valence-electron chi connectivity index (χ3n) is 5.48. The number of hydrogen-bond acceptors (Lipinski definition) is 5. The number of methoxy groups -OCH3 is 2. The van der Waals surface area contributed by atoms with E-state index in [-0.39, 0.29) is 35.8 Å². The minimum Gasteiger partial charge on any atom is -0.508 e. The minimum absolute atomic E-state index is 0. The number of nitrogens with zero attached hydrogens (tertiary/aromatic N) is 2. The van der Waals surface area contributed by atoms with Gasteiger partial charge in [-0.2, -0.15) is 0 Å². The summed E-state index contributed by atoms with van der Waals surface area (Å²) in [5.41, 5.74) is 1.98. The van der Waals surface area contributed by atoms with Crippen LogP contribution in [0.15, 0.2) is 47.5 Å². The van der Waals surface area contributed by atoms with Crippen LogP contribution in [0.1, 0.15) is 30.0 Å². The van der Waals surface area contributed by atoms with E-state index < -0.39 is 0 Å². The fourth-order valence-corrected chi connectivity index (χ4v) is 3.78. The van der Waals surface area contributed by atoms with Crippen molar-refractivity contribution in [2.24, 2.45) is 4.99 Å². The van der Waals surface area contributed by atoms with Gasteiger partial charge in [-0.25, -0.2) is 0 Å². The summed E-state index contributed by atoms with van der Waals surface area (Å²) in [6.07, 6.45) is 2.45. The average molecular weight is 540 g/mol. The number of phenols is 1. The van der Waals surface area contributed by atoms with Crippen molar-refractivity contribution < 1.29 is 14.6 Å². The fourth-order valence-electron chi connectivity index (χ4n) is 3.78. The fraction of sp³-hybridized carbons (Fsp3) is 0.435. The molecule has 1 aliphatic rings. The van der Waals surface area contributed by atoms with Gasteiger partial charge < -0.3 is 25.2 Å². The summed E-state index contributed by atoms with van der Waals surface area (Å²) in [6.45, 7) is 3.34. The van der Waals surface area contributed by atoms with Gasteiger partial charge in [0.15, 0.2) is 5.96 Å². The van der Waals surface area contributed by atoms with Crippen LogP contribution < -0.4 is 20.1 Å². The number of phenolic OH excluding ortho intramolecular Hbond substituents is 1. The second kappa shape index (κ2) is 12.6. The summed E-state index contributed by atoms with van der Waals surface area (Å²) in [5.74, 6) is 2.49. The first kappa shape index (κ1) is 25.1. The Labute approximate surface area is 201 Å². The molecule has 1 unspecified atom stereocenters. The summed E-state index contributed by atoms with van der Waals surface area (Å²) in [6, 6.07) is 13.7. The maximum atomic E-state index is 10.1. The number of rotatable bonds is 8. The minimum atomic E-state index is 0. The van der Waals surface area contributed by atoms with Crippen LogP contribution in [0.5, 0.6) is 17.2 Å². The third-order valence-corrected chi connectivity index (χ3v) is 5.48. The molecule has 3 N–H and O–H groups in total. The van der Waals surface area contributed by atoms with Crippen LogP contribution in [0.25, 0.3) is 0 Å². The maximum absolute atomic E-state index is 10.1. The van der Waals surface area contributed by atoms with Crippen molar-refractivity contribution in [3.8, 4) is 17.2 Å². The van der Waals surface area contributed by atoms with Crippen LogP contribution in [-0.4, -0.2) is 56.9 Å². The Hall–Kier alpha value is -2.20. The zero-order chi connectivity index (χ0) is 21.3. The first-order valence-corrected chi connectivity index (χ1v) is 10.3. The number of ether oxygens (including phenoxy) is 2. The monoisotopic (exact) mass is 540 g/mol. The van der Waals surface area contributed by atoms with E-state index in [2.05, 4.69) is 32.7 Å². The molecule has 0 saturated carbocycles. The molecule has 0 bridgehead atoms. The van der Waals surface area contributed by atoms with Gasteiger partial charge in [-0.1, -0.05) is 12.1 Å². The van der Waals surface area contributed by atoms with Crippen LogP contribution in [0.3, 0.4) is 0 Å². The predicted octanol–water partition coefficient (Wildman–Crippen LogP) is 3.53. The van der Waals surface area contributed by atoms with Crippen molar-refractivity contribution in [2.75, 3.05) is 40.9 Å². The van der Waals surface area contributed by atoms with E-state index in [9.17, 15) is 5.11 Å². The number of halogens is 1.